The van der Waals surface area contributed by atoms with Gasteiger partial charge in [0.2, 0.25) is 5.91 Å². The largest absolute Gasteiger partial charge is 0.367 e. The van der Waals surface area contributed by atoms with Crippen LogP contribution in [0.4, 0.5) is 0 Å². The first-order valence-corrected chi connectivity index (χ1v) is 7.67. The molecule has 1 unspecified atom stereocenters. The van der Waals surface area contributed by atoms with Crippen LogP contribution in [0.15, 0.2) is 41.5 Å². The predicted octanol–water partition coefficient (Wildman–Crippen LogP) is 1.54. The minimum atomic E-state index is -1.38. The van der Waals surface area contributed by atoms with E-state index in [1.54, 1.807) is 31.3 Å². The van der Waals surface area contributed by atoms with Gasteiger partial charge in [-0.05, 0) is 36.8 Å². The van der Waals surface area contributed by atoms with Crippen LogP contribution in [0.2, 0.25) is 0 Å². The molecule has 3 rings (SSSR count). The first-order chi connectivity index (χ1) is 11.0. The van der Waals surface area contributed by atoms with Gasteiger partial charge in [0.15, 0.2) is 5.54 Å². The molecular formula is C16H14N4O2S. The Bertz CT molecular complexity index is 840. The molecule has 0 aromatic carbocycles. The highest BCUT2D eigenvalue weighted by atomic mass is 32.1. The standard InChI is InChI=1S/C16H14N4O2S/c1-9-11(14(17)21)13(16(15(18)22)6-4-8-20-16)23-12(9)10-5-2-3-7-19-10/h2-8H,1H3,(H2,17,21)(H2,18,22). The smallest absolute Gasteiger partial charge is 0.254 e. The number of amides is 2. The van der Waals surface area contributed by atoms with Crippen LogP contribution in [-0.2, 0) is 10.3 Å². The van der Waals surface area contributed by atoms with E-state index in [-0.39, 0.29) is 5.56 Å². The van der Waals surface area contributed by atoms with E-state index < -0.39 is 17.4 Å². The average Bonchev–Trinajstić information content (AvgIpc) is 3.13. The molecule has 0 aliphatic carbocycles. The van der Waals surface area contributed by atoms with Crippen molar-refractivity contribution in [1.82, 2.24) is 4.98 Å². The van der Waals surface area contributed by atoms with Gasteiger partial charge in [0.05, 0.1) is 21.0 Å². The van der Waals surface area contributed by atoms with Crippen molar-refractivity contribution < 1.29 is 9.59 Å². The summed E-state index contributed by atoms with van der Waals surface area (Å²) in [6, 6.07) is 5.48. The van der Waals surface area contributed by atoms with Crippen molar-refractivity contribution >= 4 is 29.4 Å². The highest BCUT2D eigenvalue weighted by Gasteiger charge is 2.42. The maximum atomic E-state index is 12.1. The average molecular weight is 326 g/mol. The molecule has 2 aromatic rings. The third-order valence-corrected chi connectivity index (χ3v) is 5.15. The minimum Gasteiger partial charge on any atom is -0.367 e. The van der Waals surface area contributed by atoms with Crippen molar-refractivity contribution in [1.29, 1.82) is 0 Å². The van der Waals surface area contributed by atoms with E-state index >= 15 is 0 Å². The number of rotatable bonds is 4. The summed E-state index contributed by atoms with van der Waals surface area (Å²) in [7, 11) is 0. The second-order valence-corrected chi connectivity index (χ2v) is 6.13. The molecule has 2 aromatic heterocycles. The predicted molar refractivity (Wildman–Crippen MR) is 89.3 cm³/mol. The topological polar surface area (TPSA) is 111 Å². The van der Waals surface area contributed by atoms with Crippen LogP contribution in [0.3, 0.4) is 0 Å². The fourth-order valence-corrected chi connectivity index (χ4v) is 4.02. The number of aliphatic imine (C=N–C) groups is 1. The summed E-state index contributed by atoms with van der Waals surface area (Å²) in [5.41, 5.74) is 11.4. The van der Waals surface area contributed by atoms with Crippen molar-refractivity contribution in [3.05, 3.63) is 52.6 Å². The number of hydrogen-bond acceptors (Lipinski definition) is 5. The van der Waals surface area contributed by atoms with Gasteiger partial charge in [-0.1, -0.05) is 6.07 Å². The molecule has 7 heteroatoms. The van der Waals surface area contributed by atoms with Gasteiger partial charge in [-0.2, -0.15) is 0 Å². The molecule has 116 valence electrons. The Morgan fingerprint density at radius 3 is 2.57 bits per heavy atom. The number of pyridine rings is 1. The number of allylic oxidation sites excluding steroid dienone is 1. The van der Waals surface area contributed by atoms with Gasteiger partial charge in [-0.15, -0.1) is 11.3 Å². The number of carbonyl (C=O) groups excluding carboxylic acids is 2. The number of primary amides is 2. The number of carbonyl (C=O) groups is 2. The first-order valence-electron chi connectivity index (χ1n) is 6.85. The number of aromatic nitrogens is 1. The Labute approximate surface area is 136 Å². The molecule has 0 bridgehead atoms. The minimum absolute atomic E-state index is 0.276. The number of thiophene rings is 1. The molecule has 1 aliphatic heterocycles. The molecule has 0 radical (unpaired) electrons. The summed E-state index contributed by atoms with van der Waals surface area (Å²) in [4.78, 5) is 33.7. The van der Waals surface area contributed by atoms with E-state index in [9.17, 15) is 9.59 Å². The van der Waals surface area contributed by atoms with Crippen molar-refractivity contribution in [2.24, 2.45) is 16.5 Å². The van der Waals surface area contributed by atoms with Crippen molar-refractivity contribution in [3.63, 3.8) is 0 Å². The molecule has 0 fully saturated rings. The van der Waals surface area contributed by atoms with Gasteiger partial charge in [-0.3, -0.25) is 19.6 Å². The highest BCUT2D eigenvalue weighted by Crippen LogP contribution is 2.43. The number of hydrogen-bond donors (Lipinski definition) is 2. The molecule has 3 heterocycles. The number of nitrogens with two attached hydrogens (primary N) is 2. The van der Waals surface area contributed by atoms with Crippen LogP contribution in [0.5, 0.6) is 0 Å². The summed E-state index contributed by atoms with van der Waals surface area (Å²) in [5, 5.41) is 0. The Hall–Kier alpha value is -2.80. The monoisotopic (exact) mass is 326 g/mol. The molecule has 0 saturated carbocycles. The molecule has 4 N–H and O–H groups in total. The van der Waals surface area contributed by atoms with Gasteiger partial charge in [0.25, 0.3) is 5.91 Å². The van der Waals surface area contributed by atoms with Crippen LogP contribution in [0.1, 0.15) is 20.8 Å². The Kier molecular flexibility index (Phi) is 3.57. The van der Waals surface area contributed by atoms with E-state index in [1.807, 2.05) is 12.1 Å². The van der Waals surface area contributed by atoms with Gasteiger partial charge < -0.3 is 11.5 Å². The zero-order valence-corrected chi connectivity index (χ0v) is 13.1. The molecule has 1 atom stereocenters. The van der Waals surface area contributed by atoms with E-state index in [0.29, 0.717) is 16.1 Å². The number of nitrogens with zero attached hydrogens (tertiary/aromatic N) is 2. The SMILES string of the molecule is Cc1c(-c2ccccn2)sc(C2(C(N)=O)C=CC=N2)c1C(N)=O. The van der Waals surface area contributed by atoms with E-state index in [4.69, 9.17) is 11.5 Å². The lowest BCUT2D eigenvalue weighted by Crippen LogP contribution is -2.37. The summed E-state index contributed by atoms with van der Waals surface area (Å²) in [6.07, 6.45) is 6.36. The van der Waals surface area contributed by atoms with Crippen molar-refractivity contribution in [2.45, 2.75) is 12.5 Å². The maximum Gasteiger partial charge on any atom is 0.254 e. The summed E-state index contributed by atoms with van der Waals surface area (Å²) >= 11 is 1.26. The highest BCUT2D eigenvalue weighted by molar-refractivity contribution is 7.16. The van der Waals surface area contributed by atoms with Crippen molar-refractivity contribution in [3.8, 4) is 10.6 Å². The van der Waals surface area contributed by atoms with Crippen molar-refractivity contribution in [2.75, 3.05) is 0 Å². The van der Waals surface area contributed by atoms with Crippen LogP contribution >= 0.6 is 11.3 Å². The van der Waals surface area contributed by atoms with Crippen LogP contribution in [0.25, 0.3) is 10.6 Å². The second kappa shape index (κ2) is 5.44. The molecule has 2 amide bonds. The molecule has 23 heavy (non-hydrogen) atoms. The summed E-state index contributed by atoms with van der Waals surface area (Å²) < 4.78 is 0. The molecule has 6 nitrogen and oxygen atoms in total. The zero-order chi connectivity index (χ0) is 16.6. The Morgan fingerprint density at radius 2 is 2.04 bits per heavy atom. The second-order valence-electron chi connectivity index (χ2n) is 5.11. The lowest BCUT2D eigenvalue weighted by atomic mass is 9.92. The normalized spacial score (nSPS) is 19.2. The Balaban J connectivity index is 2.30. The van der Waals surface area contributed by atoms with E-state index in [2.05, 4.69) is 9.98 Å². The van der Waals surface area contributed by atoms with Crippen LogP contribution < -0.4 is 11.5 Å². The molecule has 1 aliphatic rings. The van der Waals surface area contributed by atoms with Gasteiger partial charge in [0.1, 0.15) is 0 Å². The molecular weight excluding hydrogens is 312 g/mol. The Morgan fingerprint density at radius 1 is 1.26 bits per heavy atom. The van der Waals surface area contributed by atoms with Gasteiger partial charge >= 0.3 is 0 Å². The van der Waals surface area contributed by atoms with Crippen LogP contribution in [-0.4, -0.2) is 23.0 Å². The molecule has 0 saturated heterocycles. The zero-order valence-electron chi connectivity index (χ0n) is 12.3. The van der Waals surface area contributed by atoms with Crippen LogP contribution in [0, 0.1) is 6.92 Å². The lowest BCUT2D eigenvalue weighted by molar-refractivity contribution is -0.121. The van der Waals surface area contributed by atoms with E-state index in [1.165, 1.54) is 17.6 Å². The van der Waals surface area contributed by atoms with Gasteiger partial charge in [0, 0.05) is 12.4 Å². The van der Waals surface area contributed by atoms with Gasteiger partial charge in [-0.25, -0.2) is 0 Å². The fraction of sp³-hybridized carbons (Fsp3) is 0.125. The third kappa shape index (κ3) is 2.25. The third-order valence-electron chi connectivity index (χ3n) is 3.71. The maximum absolute atomic E-state index is 12.1. The fourth-order valence-electron chi connectivity index (χ4n) is 2.60. The van der Waals surface area contributed by atoms with E-state index in [0.717, 1.165) is 4.88 Å². The molecule has 0 spiro atoms. The first kappa shape index (κ1) is 15.1. The lowest BCUT2D eigenvalue weighted by Gasteiger charge is -2.20. The quantitative estimate of drug-likeness (QED) is 0.888. The summed E-state index contributed by atoms with van der Waals surface area (Å²) in [6.45, 7) is 1.78. The summed E-state index contributed by atoms with van der Waals surface area (Å²) in [5.74, 6) is -1.27.